The van der Waals surface area contributed by atoms with Crippen LogP contribution in [-0.2, 0) is 11.2 Å². The summed E-state index contributed by atoms with van der Waals surface area (Å²) >= 11 is 2.35. The van der Waals surface area contributed by atoms with E-state index in [2.05, 4.69) is 66.0 Å². The lowest BCUT2D eigenvalue weighted by molar-refractivity contribution is 0.0321. The summed E-state index contributed by atoms with van der Waals surface area (Å²) in [5, 5.41) is 3.67. The van der Waals surface area contributed by atoms with Gasteiger partial charge in [-0.25, -0.2) is 0 Å². The molecule has 1 aliphatic rings. The normalized spacial score (nSPS) is 24.6. The summed E-state index contributed by atoms with van der Waals surface area (Å²) in [5.74, 6) is 0. The van der Waals surface area contributed by atoms with E-state index in [9.17, 15) is 0 Å². The van der Waals surface area contributed by atoms with Gasteiger partial charge in [0.05, 0.1) is 12.2 Å². The first-order chi connectivity index (χ1) is 9.19. The highest BCUT2D eigenvalue weighted by molar-refractivity contribution is 14.1. The van der Waals surface area contributed by atoms with Crippen molar-refractivity contribution in [3.8, 4) is 0 Å². The largest absolute Gasteiger partial charge is 0.374 e. The average Bonchev–Trinajstić information content (AvgIpc) is 2.83. The van der Waals surface area contributed by atoms with Crippen LogP contribution >= 0.6 is 22.6 Å². The van der Waals surface area contributed by atoms with Crippen LogP contribution in [0.15, 0.2) is 24.3 Å². The molecule has 1 aliphatic heterocycles. The van der Waals surface area contributed by atoms with Crippen molar-refractivity contribution in [2.24, 2.45) is 0 Å². The Labute approximate surface area is 130 Å². The van der Waals surface area contributed by atoms with Gasteiger partial charge in [0.15, 0.2) is 0 Å². The molecule has 0 aliphatic carbocycles. The Morgan fingerprint density at radius 2 is 2.05 bits per heavy atom. The Morgan fingerprint density at radius 1 is 1.32 bits per heavy atom. The molecular weight excluding hydrogens is 349 g/mol. The van der Waals surface area contributed by atoms with Gasteiger partial charge < -0.3 is 10.1 Å². The van der Waals surface area contributed by atoms with Crippen LogP contribution in [0.5, 0.6) is 0 Å². The topological polar surface area (TPSA) is 21.3 Å². The van der Waals surface area contributed by atoms with Gasteiger partial charge in [0.2, 0.25) is 0 Å². The number of rotatable bonds is 6. The molecule has 0 spiro atoms. The summed E-state index contributed by atoms with van der Waals surface area (Å²) < 4.78 is 7.35. The molecule has 3 unspecified atom stereocenters. The quantitative estimate of drug-likeness (QED) is 0.767. The molecule has 0 aromatic heterocycles. The Balaban J connectivity index is 1.98. The van der Waals surface area contributed by atoms with Gasteiger partial charge in [-0.05, 0) is 79.4 Å². The van der Waals surface area contributed by atoms with Crippen molar-refractivity contribution in [1.29, 1.82) is 0 Å². The fraction of sp³-hybridized carbons (Fsp3) is 0.625. The van der Waals surface area contributed by atoms with Crippen LogP contribution in [0, 0.1) is 3.57 Å². The fourth-order valence-electron chi connectivity index (χ4n) is 2.67. The number of hydrogen-bond donors (Lipinski definition) is 1. The predicted molar refractivity (Wildman–Crippen MR) is 88.5 cm³/mol. The number of ether oxygens (including phenoxy) is 1. The Bertz CT molecular complexity index is 379. The van der Waals surface area contributed by atoms with E-state index in [0.29, 0.717) is 18.2 Å². The molecule has 0 bridgehead atoms. The molecule has 1 aromatic carbocycles. The maximum absolute atomic E-state index is 6.05. The van der Waals surface area contributed by atoms with Gasteiger partial charge in [-0.3, -0.25) is 0 Å². The van der Waals surface area contributed by atoms with E-state index in [1.807, 2.05) is 0 Å². The molecule has 0 radical (unpaired) electrons. The summed E-state index contributed by atoms with van der Waals surface area (Å²) in [6.07, 6.45) is 5.42. The molecule has 1 heterocycles. The van der Waals surface area contributed by atoms with Gasteiger partial charge in [-0.15, -0.1) is 0 Å². The number of benzene rings is 1. The molecule has 1 aromatic rings. The molecule has 2 rings (SSSR count). The predicted octanol–water partition coefficient (Wildman–Crippen LogP) is 3.77. The minimum atomic E-state index is 0.376. The lowest BCUT2D eigenvalue weighted by Gasteiger charge is -2.25. The zero-order valence-corrected chi connectivity index (χ0v) is 14.0. The van der Waals surface area contributed by atoms with Gasteiger partial charge in [0.1, 0.15) is 0 Å². The van der Waals surface area contributed by atoms with E-state index in [-0.39, 0.29) is 0 Å². The van der Waals surface area contributed by atoms with Crippen molar-refractivity contribution in [3.05, 3.63) is 33.4 Å². The standard InChI is InChI=1S/C16H24INO/c1-3-10-18-15(16-9-4-12(2)19-16)11-13-5-7-14(17)8-6-13/h5-8,12,15-16,18H,3-4,9-11H2,1-2H3. The Kier molecular flexibility index (Phi) is 6.10. The van der Waals surface area contributed by atoms with Crippen molar-refractivity contribution < 1.29 is 4.74 Å². The van der Waals surface area contributed by atoms with Gasteiger partial charge in [-0.2, -0.15) is 0 Å². The second kappa shape index (κ2) is 7.60. The summed E-state index contributed by atoms with van der Waals surface area (Å²) in [6.45, 7) is 5.47. The second-order valence-corrected chi connectivity index (χ2v) is 6.70. The maximum atomic E-state index is 6.05. The van der Waals surface area contributed by atoms with Crippen molar-refractivity contribution in [1.82, 2.24) is 5.32 Å². The zero-order valence-electron chi connectivity index (χ0n) is 11.9. The van der Waals surface area contributed by atoms with Crippen molar-refractivity contribution >= 4 is 22.6 Å². The van der Waals surface area contributed by atoms with Crippen molar-refractivity contribution in [2.75, 3.05) is 6.54 Å². The summed E-state index contributed by atoms with van der Waals surface area (Å²) in [5.41, 5.74) is 1.40. The van der Waals surface area contributed by atoms with E-state index in [0.717, 1.165) is 13.0 Å². The van der Waals surface area contributed by atoms with E-state index >= 15 is 0 Å². The molecule has 2 nitrogen and oxygen atoms in total. The first-order valence-corrected chi connectivity index (χ1v) is 8.40. The van der Waals surface area contributed by atoms with Crippen LogP contribution in [-0.4, -0.2) is 24.8 Å². The SMILES string of the molecule is CCCNC(Cc1ccc(I)cc1)C1CCC(C)O1. The van der Waals surface area contributed by atoms with Crippen LogP contribution in [0.3, 0.4) is 0 Å². The first kappa shape index (κ1) is 15.3. The van der Waals surface area contributed by atoms with Crippen LogP contribution in [0.2, 0.25) is 0 Å². The average molecular weight is 373 g/mol. The summed E-state index contributed by atoms with van der Waals surface area (Å²) in [7, 11) is 0. The highest BCUT2D eigenvalue weighted by atomic mass is 127. The van der Waals surface area contributed by atoms with Crippen LogP contribution in [0.4, 0.5) is 0 Å². The second-order valence-electron chi connectivity index (χ2n) is 5.45. The molecule has 3 atom stereocenters. The number of hydrogen-bond acceptors (Lipinski definition) is 2. The monoisotopic (exact) mass is 373 g/mol. The third-order valence-electron chi connectivity index (χ3n) is 3.74. The zero-order chi connectivity index (χ0) is 13.7. The molecule has 1 saturated heterocycles. The summed E-state index contributed by atoms with van der Waals surface area (Å²) in [4.78, 5) is 0. The lowest BCUT2D eigenvalue weighted by Crippen LogP contribution is -2.42. The van der Waals surface area contributed by atoms with Crippen LogP contribution in [0.1, 0.15) is 38.7 Å². The van der Waals surface area contributed by atoms with Gasteiger partial charge in [0, 0.05) is 9.61 Å². The molecule has 19 heavy (non-hydrogen) atoms. The smallest absolute Gasteiger partial charge is 0.0735 e. The van der Waals surface area contributed by atoms with E-state index in [1.165, 1.54) is 28.4 Å². The molecule has 0 amide bonds. The van der Waals surface area contributed by atoms with E-state index in [4.69, 9.17) is 4.74 Å². The minimum absolute atomic E-state index is 0.376. The van der Waals surface area contributed by atoms with Crippen LogP contribution in [0.25, 0.3) is 0 Å². The highest BCUT2D eigenvalue weighted by Gasteiger charge is 2.29. The molecule has 0 saturated carbocycles. The van der Waals surface area contributed by atoms with Crippen molar-refractivity contribution in [2.45, 2.75) is 57.8 Å². The lowest BCUT2D eigenvalue weighted by atomic mass is 9.99. The van der Waals surface area contributed by atoms with Gasteiger partial charge in [0.25, 0.3) is 0 Å². The van der Waals surface area contributed by atoms with E-state index < -0.39 is 0 Å². The molecular formula is C16H24INO. The number of nitrogens with one attached hydrogen (secondary N) is 1. The molecule has 1 N–H and O–H groups in total. The highest BCUT2D eigenvalue weighted by Crippen LogP contribution is 2.23. The molecule has 3 heteroatoms. The van der Waals surface area contributed by atoms with E-state index in [1.54, 1.807) is 0 Å². The third kappa shape index (κ3) is 4.72. The Morgan fingerprint density at radius 3 is 2.63 bits per heavy atom. The minimum Gasteiger partial charge on any atom is -0.374 e. The van der Waals surface area contributed by atoms with Crippen molar-refractivity contribution in [3.63, 3.8) is 0 Å². The van der Waals surface area contributed by atoms with Gasteiger partial charge >= 0.3 is 0 Å². The summed E-state index contributed by atoms with van der Waals surface area (Å²) in [6, 6.07) is 9.29. The molecule has 106 valence electrons. The van der Waals surface area contributed by atoms with Crippen LogP contribution < -0.4 is 5.32 Å². The van der Waals surface area contributed by atoms with Gasteiger partial charge in [-0.1, -0.05) is 19.1 Å². The first-order valence-electron chi connectivity index (χ1n) is 7.32. The maximum Gasteiger partial charge on any atom is 0.0735 e. The Hall–Kier alpha value is -0.130. The fourth-order valence-corrected chi connectivity index (χ4v) is 3.03. The molecule has 1 fully saturated rings. The third-order valence-corrected chi connectivity index (χ3v) is 4.46. The number of halogens is 1.